The maximum absolute atomic E-state index is 9.56. The van der Waals surface area contributed by atoms with Crippen LogP contribution in [0.5, 0.6) is 0 Å². The minimum absolute atomic E-state index is 0.258. The standard InChI is InChI=1S/C17H24N4O2/c1-19-12-4-6-16(20-2)15(8-12)14-7-11(18)3-5-17(14)21-9-13(23)10-22/h3-8,13,19-23H,9-10,18H2,1-2H3. The zero-order valence-electron chi connectivity index (χ0n) is 13.4. The van der Waals surface area contributed by atoms with E-state index in [1.807, 2.05) is 44.4 Å². The summed E-state index contributed by atoms with van der Waals surface area (Å²) in [6, 6.07) is 11.6. The lowest BCUT2D eigenvalue weighted by atomic mass is 10.00. The van der Waals surface area contributed by atoms with Crippen LogP contribution in [0.25, 0.3) is 11.1 Å². The van der Waals surface area contributed by atoms with Crippen molar-refractivity contribution in [1.29, 1.82) is 0 Å². The second-order valence-electron chi connectivity index (χ2n) is 5.28. The number of nitrogens with one attached hydrogen (secondary N) is 3. The number of anilines is 4. The Bertz CT molecular complexity index is 661. The summed E-state index contributed by atoms with van der Waals surface area (Å²) in [7, 11) is 3.74. The van der Waals surface area contributed by atoms with Crippen LogP contribution in [-0.2, 0) is 0 Å². The third-order valence-corrected chi connectivity index (χ3v) is 3.65. The number of rotatable bonds is 7. The molecule has 2 rings (SSSR count). The van der Waals surface area contributed by atoms with E-state index >= 15 is 0 Å². The van der Waals surface area contributed by atoms with E-state index in [0.717, 1.165) is 28.2 Å². The van der Waals surface area contributed by atoms with Crippen molar-refractivity contribution in [3.8, 4) is 11.1 Å². The van der Waals surface area contributed by atoms with Crippen LogP contribution >= 0.6 is 0 Å². The summed E-state index contributed by atoms with van der Waals surface area (Å²) in [5.41, 5.74) is 11.3. The summed E-state index contributed by atoms with van der Waals surface area (Å²) in [4.78, 5) is 0. The van der Waals surface area contributed by atoms with Crippen LogP contribution in [0.2, 0.25) is 0 Å². The van der Waals surface area contributed by atoms with Gasteiger partial charge in [0.05, 0.1) is 12.7 Å². The Morgan fingerprint density at radius 1 is 1.00 bits per heavy atom. The molecule has 0 aliphatic heterocycles. The normalized spacial score (nSPS) is 11.8. The third-order valence-electron chi connectivity index (χ3n) is 3.65. The van der Waals surface area contributed by atoms with Crippen molar-refractivity contribution in [2.45, 2.75) is 6.10 Å². The molecule has 0 radical (unpaired) electrons. The van der Waals surface area contributed by atoms with E-state index < -0.39 is 6.10 Å². The predicted molar refractivity (Wildman–Crippen MR) is 97.0 cm³/mol. The molecular formula is C17H24N4O2. The fourth-order valence-electron chi connectivity index (χ4n) is 2.37. The van der Waals surface area contributed by atoms with Gasteiger partial charge in [-0.05, 0) is 36.4 Å². The maximum Gasteiger partial charge on any atom is 0.0942 e. The van der Waals surface area contributed by atoms with Gasteiger partial charge in [-0.3, -0.25) is 0 Å². The van der Waals surface area contributed by atoms with Crippen molar-refractivity contribution >= 4 is 22.7 Å². The Morgan fingerprint density at radius 3 is 2.35 bits per heavy atom. The smallest absolute Gasteiger partial charge is 0.0942 e. The Hall–Kier alpha value is -2.44. The molecule has 1 unspecified atom stereocenters. The minimum Gasteiger partial charge on any atom is -0.399 e. The minimum atomic E-state index is -0.812. The first-order chi connectivity index (χ1) is 11.1. The number of aliphatic hydroxyl groups is 2. The molecule has 0 aromatic heterocycles. The topological polar surface area (TPSA) is 103 Å². The molecule has 0 bridgehead atoms. The van der Waals surface area contributed by atoms with Crippen LogP contribution in [0.4, 0.5) is 22.7 Å². The fourth-order valence-corrected chi connectivity index (χ4v) is 2.37. The SMILES string of the molecule is CNc1ccc(NC)c(-c2cc(N)ccc2NCC(O)CO)c1. The molecule has 0 heterocycles. The van der Waals surface area contributed by atoms with E-state index in [4.69, 9.17) is 10.8 Å². The highest BCUT2D eigenvalue weighted by Crippen LogP contribution is 2.36. The predicted octanol–water partition coefficient (Wildman–Crippen LogP) is 1.78. The summed E-state index contributed by atoms with van der Waals surface area (Å²) in [5, 5.41) is 28.0. The van der Waals surface area contributed by atoms with Crippen LogP contribution in [0.15, 0.2) is 36.4 Å². The first-order valence-electron chi connectivity index (χ1n) is 7.51. The summed E-state index contributed by atoms with van der Waals surface area (Å²) < 4.78 is 0. The highest BCUT2D eigenvalue weighted by molar-refractivity contribution is 5.89. The molecule has 1 atom stereocenters. The number of hydrogen-bond acceptors (Lipinski definition) is 6. The Balaban J connectivity index is 2.47. The van der Waals surface area contributed by atoms with E-state index in [9.17, 15) is 5.11 Å². The quantitative estimate of drug-likeness (QED) is 0.435. The van der Waals surface area contributed by atoms with Gasteiger partial charge in [-0.2, -0.15) is 0 Å². The van der Waals surface area contributed by atoms with E-state index in [0.29, 0.717) is 5.69 Å². The molecule has 0 fully saturated rings. The van der Waals surface area contributed by atoms with Crippen LogP contribution in [0, 0.1) is 0 Å². The van der Waals surface area contributed by atoms with Gasteiger partial charge in [0.2, 0.25) is 0 Å². The summed E-state index contributed by atoms with van der Waals surface area (Å²) in [6.07, 6.45) is -0.812. The average molecular weight is 316 g/mol. The molecular weight excluding hydrogens is 292 g/mol. The van der Waals surface area contributed by atoms with Crippen LogP contribution < -0.4 is 21.7 Å². The van der Waals surface area contributed by atoms with Gasteiger partial charge in [-0.25, -0.2) is 0 Å². The summed E-state index contributed by atoms with van der Waals surface area (Å²) in [5.74, 6) is 0. The van der Waals surface area contributed by atoms with E-state index in [-0.39, 0.29) is 13.2 Å². The lowest BCUT2D eigenvalue weighted by molar-refractivity contribution is 0.105. The highest BCUT2D eigenvalue weighted by atomic mass is 16.3. The molecule has 0 aliphatic carbocycles. The van der Waals surface area contributed by atoms with Gasteiger partial charge in [-0.1, -0.05) is 0 Å². The zero-order chi connectivity index (χ0) is 16.8. The van der Waals surface area contributed by atoms with E-state index in [1.165, 1.54) is 0 Å². The molecule has 6 heteroatoms. The number of nitrogens with two attached hydrogens (primary N) is 1. The Morgan fingerprint density at radius 2 is 1.70 bits per heavy atom. The first-order valence-corrected chi connectivity index (χ1v) is 7.51. The average Bonchev–Trinajstić information content (AvgIpc) is 2.59. The van der Waals surface area contributed by atoms with Crippen molar-refractivity contribution in [2.24, 2.45) is 0 Å². The van der Waals surface area contributed by atoms with Crippen LogP contribution in [0.1, 0.15) is 0 Å². The second kappa shape index (κ2) is 7.71. The van der Waals surface area contributed by atoms with E-state index in [2.05, 4.69) is 16.0 Å². The van der Waals surface area contributed by atoms with Gasteiger partial charge >= 0.3 is 0 Å². The van der Waals surface area contributed by atoms with Gasteiger partial charge in [0.15, 0.2) is 0 Å². The largest absolute Gasteiger partial charge is 0.399 e. The Kier molecular flexibility index (Phi) is 5.67. The van der Waals surface area contributed by atoms with Gasteiger partial charge in [0.25, 0.3) is 0 Å². The van der Waals surface area contributed by atoms with Gasteiger partial charge in [0, 0.05) is 54.5 Å². The Labute approximate surface area is 136 Å². The highest BCUT2D eigenvalue weighted by Gasteiger charge is 2.12. The molecule has 2 aromatic carbocycles. The first kappa shape index (κ1) is 16.9. The second-order valence-corrected chi connectivity index (χ2v) is 5.28. The molecule has 0 amide bonds. The molecule has 23 heavy (non-hydrogen) atoms. The summed E-state index contributed by atoms with van der Waals surface area (Å²) >= 11 is 0. The zero-order valence-corrected chi connectivity index (χ0v) is 13.4. The molecule has 124 valence electrons. The van der Waals surface area contributed by atoms with Crippen molar-refractivity contribution in [3.63, 3.8) is 0 Å². The van der Waals surface area contributed by atoms with Gasteiger partial charge in [-0.15, -0.1) is 0 Å². The molecule has 0 aliphatic rings. The fraction of sp³-hybridized carbons (Fsp3) is 0.294. The van der Waals surface area contributed by atoms with Gasteiger partial charge in [0.1, 0.15) is 0 Å². The molecule has 7 N–H and O–H groups in total. The van der Waals surface area contributed by atoms with Crippen LogP contribution in [-0.4, -0.2) is 43.6 Å². The van der Waals surface area contributed by atoms with Crippen LogP contribution in [0.3, 0.4) is 0 Å². The molecule has 0 saturated carbocycles. The number of aliphatic hydroxyl groups excluding tert-OH is 2. The molecule has 6 nitrogen and oxygen atoms in total. The lowest BCUT2D eigenvalue weighted by Gasteiger charge is -2.18. The van der Waals surface area contributed by atoms with Crippen molar-refractivity contribution in [3.05, 3.63) is 36.4 Å². The number of hydrogen-bond donors (Lipinski definition) is 6. The molecule has 2 aromatic rings. The lowest BCUT2D eigenvalue weighted by Crippen LogP contribution is -2.23. The monoisotopic (exact) mass is 316 g/mol. The van der Waals surface area contributed by atoms with Crippen molar-refractivity contribution in [2.75, 3.05) is 48.9 Å². The van der Waals surface area contributed by atoms with Crippen molar-refractivity contribution in [1.82, 2.24) is 0 Å². The number of benzene rings is 2. The summed E-state index contributed by atoms with van der Waals surface area (Å²) in [6.45, 7) is -0.0255. The maximum atomic E-state index is 9.56. The number of nitrogen functional groups attached to an aromatic ring is 1. The van der Waals surface area contributed by atoms with E-state index in [1.54, 1.807) is 6.07 Å². The van der Waals surface area contributed by atoms with Gasteiger partial charge < -0.3 is 31.9 Å². The third kappa shape index (κ3) is 4.06. The molecule has 0 spiro atoms. The van der Waals surface area contributed by atoms with Crippen molar-refractivity contribution < 1.29 is 10.2 Å². The molecule has 0 saturated heterocycles.